The molecule has 1 aliphatic heterocycles. The molecule has 2 aromatic carbocycles. The molecule has 192 valence electrons. The van der Waals surface area contributed by atoms with Crippen molar-refractivity contribution in [3.63, 3.8) is 0 Å². The van der Waals surface area contributed by atoms with Gasteiger partial charge >= 0.3 is 5.97 Å². The first kappa shape index (κ1) is 25.7. The Morgan fingerprint density at radius 3 is 2.53 bits per heavy atom. The summed E-state index contributed by atoms with van der Waals surface area (Å²) in [5, 5.41) is 13.1. The molecule has 4 rings (SSSR count). The average molecular weight is 517 g/mol. The van der Waals surface area contributed by atoms with Gasteiger partial charge in [0.25, 0.3) is 0 Å². The third-order valence-corrected chi connectivity index (χ3v) is 6.33. The normalized spacial score (nSPS) is 21.1. The lowest BCUT2D eigenvalue weighted by atomic mass is 9.82. The summed E-state index contributed by atoms with van der Waals surface area (Å²) in [7, 11) is 4.69. The number of esters is 1. The maximum atomic E-state index is 12.4. The van der Waals surface area contributed by atoms with Gasteiger partial charge in [-0.15, -0.1) is 10.2 Å². The molecule has 0 saturated carbocycles. The summed E-state index contributed by atoms with van der Waals surface area (Å²) in [6.45, 7) is 3.36. The summed E-state index contributed by atoms with van der Waals surface area (Å²) in [5.41, 5.74) is 6.96. The molecule has 0 saturated heterocycles. The van der Waals surface area contributed by atoms with E-state index in [4.69, 9.17) is 36.3 Å². The summed E-state index contributed by atoms with van der Waals surface area (Å²) < 4.78 is 23.7. The second kappa shape index (κ2) is 10.3. The highest BCUT2D eigenvalue weighted by Crippen LogP contribution is 2.48. The van der Waals surface area contributed by atoms with Gasteiger partial charge in [0.1, 0.15) is 5.75 Å². The molecular formula is C24H29ClN6O5. The Balaban J connectivity index is 1.96. The van der Waals surface area contributed by atoms with Crippen molar-refractivity contribution in [1.82, 2.24) is 20.2 Å². The van der Waals surface area contributed by atoms with Crippen LogP contribution in [0.3, 0.4) is 0 Å². The maximum Gasteiger partial charge on any atom is 0.303 e. The third-order valence-electron chi connectivity index (χ3n) is 6.08. The second-order valence-corrected chi connectivity index (χ2v) is 9.10. The summed E-state index contributed by atoms with van der Waals surface area (Å²) >= 11 is 6.19. The van der Waals surface area contributed by atoms with Gasteiger partial charge in [-0.3, -0.25) is 4.79 Å². The fourth-order valence-electron chi connectivity index (χ4n) is 4.62. The zero-order valence-electron chi connectivity index (χ0n) is 20.7. The van der Waals surface area contributed by atoms with Gasteiger partial charge in [-0.1, -0.05) is 11.6 Å². The largest absolute Gasteiger partial charge is 0.478 e. The number of benzene rings is 2. The van der Waals surface area contributed by atoms with Crippen molar-refractivity contribution in [2.75, 3.05) is 24.9 Å². The number of nitrogen functional groups attached to an aromatic ring is 1. The molecule has 2 N–H and O–H groups in total. The number of aryl methyl sites for hydroxylation is 1. The number of fused-ring (bicyclic) bond motifs is 1. The number of tetrazole rings is 1. The van der Waals surface area contributed by atoms with E-state index in [1.165, 1.54) is 25.9 Å². The van der Waals surface area contributed by atoms with E-state index in [0.717, 1.165) is 5.69 Å². The smallest absolute Gasteiger partial charge is 0.303 e. The van der Waals surface area contributed by atoms with Crippen molar-refractivity contribution in [1.29, 1.82) is 0 Å². The molecule has 3 aromatic rings. The molecule has 36 heavy (non-hydrogen) atoms. The Kier molecular flexibility index (Phi) is 7.34. The molecular weight excluding hydrogens is 488 g/mol. The molecule has 0 radical (unpaired) electrons. The number of nitrogens with zero attached hydrogens (tertiary/aromatic N) is 5. The van der Waals surface area contributed by atoms with Crippen LogP contribution in [-0.4, -0.2) is 58.4 Å². The number of carbonyl (C=O) groups excluding carboxylic acids is 1. The lowest BCUT2D eigenvalue weighted by Gasteiger charge is -2.51. The first-order valence-electron chi connectivity index (χ1n) is 11.2. The molecule has 0 aliphatic carbocycles. The van der Waals surface area contributed by atoms with Crippen LogP contribution < -0.4 is 15.4 Å². The van der Waals surface area contributed by atoms with Crippen LogP contribution in [0.5, 0.6) is 5.75 Å². The number of hydrogen-bond donors (Lipinski definition) is 1. The van der Waals surface area contributed by atoms with E-state index in [1.807, 2.05) is 17.0 Å². The minimum Gasteiger partial charge on any atom is -0.478 e. The average Bonchev–Trinajstić information content (AvgIpc) is 3.24. The van der Waals surface area contributed by atoms with Gasteiger partial charge in [0.15, 0.2) is 17.5 Å². The zero-order valence-corrected chi connectivity index (χ0v) is 21.5. The first-order valence-corrected chi connectivity index (χ1v) is 11.6. The molecule has 3 atom stereocenters. The fraction of sp³-hybridized carbons (Fsp3) is 0.417. The van der Waals surface area contributed by atoms with E-state index >= 15 is 0 Å². The van der Waals surface area contributed by atoms with Crippen LogP contribution in [0.25, 0.3) is 0 Å². The Bertz CT molecular complexity index is 1220. The first-order chi connectivity index (χ1) is 17.2. The highest BCUT2D eigenvalue weighted by molar-refractivity contribution is 6.30. The van der Waals surface area contributed by atoms with Crippen molar-refractivity contribution < 1.29 is 23.7 Å². The van der Waals surface area contributed by atoms with Crippen molar-refractivity contribution in [2.45, 2.75) is 44.4 Å². The van der Waals surface area contributed by atoms with Crippen molar-refractivity contribution >= 4 is 28.9 Å². The van der Waals surface area contributed by atoms with Gasteiger partial charge in [-0.2, -0.15) is 4.80 Å². The molecule has 0 bridgehead atoms. The number of nitrogens with two attached hydrogens (primary N) is 1. The van der Waals surface area contributed by atoms with Crippen LogP contribution in [0.4, 0.5) is 11.4 Å². The van der Waals surface area contributed by atoms with Gasteiger partial charge in [0, 0.05) is 43.1 Å². The second-order valence-electron chi connectivity index (χ2n) is 8.66. The number of carbonyl (C=O) groups is 1. The molecule has 2 heterocycles. The summed E-state index contributed by atoms with van der Waals surface area (Å²) in [6.07, 6.45) is -1.78. The van der Waals surface area contributed by atoms with E-state index in [2.05, 4.69) is 15.4 Å². The standard InChI is InChI=1S/C24H29ClN6O5/c1-14(32)35-22-21(18-12-16(26)8-11-19(18)36-24(22,2)23(33-4)34-5)31(13-20-27-29-30(3)28-20)17-9-6-15(25)7-10-17/h6-12,21-23H,13,26H2,1-5H3/t21-,22+,24+/m1/s1. The molecule has 0 unspecified atom stereocenters. The Hall–Kier alpha value is -3.41. The fourth-order valence-corrected chi connectivity index (χ4v) is 4.75. The van der Waals surface area contributed by atoms with Gasteiger partial charge in [-0.05, 0) is 54.6 Å². The molecule has 1 aromatic heterocycles. The van der Waals surface area contributed by atoms with Crippen LogP contribution in [0.2, 0.25) is 5.02 Å². The van der Waals surface area contributed by atoms with Crippen molar-refractivity contribution in [3.05, 3.63) is 58.9 Å². The van der Waals surface area contributed by atoms with Crippen LogP contribution >= 0.6 is 11.6 Å². The number of anilines is 2. The number of ether oxygens (including phenoxy) is 4. The van der Waals surface area contributed by atoms with E-state index in [9.17, 15) is 4.79 Å². The van der Waals surface area contributed by atoms with Crippen LogP contribution in [0, 0.1) is 0 Å². The Morgan fingerprint density at radius 2 is 1.94 bits per heavy atom. The lowest BCUT2D eigenvalue weighted by molar-refractivity contribution is -0.243. The zero-order chi connectivity index (χ0) is 26.0. The number of aromatic nitrogens is 4. The van der Waals surface area contributed by atoms with Crippen molar-refractivity contribution in [2.24, 2.45) is 7.05 Å². The van der Waals surface area contributed by atoms with Crippen LogP contribution in [0.15, 0.2) is 42.5 Å². The summed E-state index contributed by atoms with van der Waals surface area (Å²) in [6, 6.07) is 12.0. The third kappa shape index (κ3) is 4.95. The molecule has 12 heteroatoms. The SMILES string of the molecule is COC(OC)[C@@]1(C)Oc2ccc(N)cc2[C@@H](N(Cc2nnn(C)n2)c2ccc(Cl)cc2)[C@@H]1OC(C)=O. The number of halogens is 1. The van der Waals surface area contributed by atoms with E-state index in [-0.39, 0.29) is 6.54 Å². The lowest BCUT2D eigenvalue weighted by Crippen LogP contribution is -2.63. The van der Waals surface area contributed by atoms with Crippen LogP contribution in [0.1, 0.15) is 31.3 Å². The summed E-state index contributed by atoms with van der Waals surface area (Å²) in [5.74, 6) is 0.514. The number of hydrogen-bond acceptors (Lipinski definition) is 10. The quantitative estimate of drug-likeness (QED) is 0.271. The molecule has 0 amide bonds. The highest BCUT2D eigenvalue weighted by atomic mass is 35.5. The molecule has 11 nitrogen and oxygen atoms in total. The predicted octanol–water partition coefficient (Wildman–Crippen LogP) is 2.90. The van der Waals surface area contributed by atoms with Crippen molar-refractivity contribution in [3.8, 4) is 5.75 Å². The van der Waals surface area contributed by atoms with E-state index < -0.39 is 30.0 Å². The van der Waals surface area contributed by atoms with Gasteiger partial charge < -0.3 is 29.6 Å². The van der Waals surface area contributed by atoms with Gasteiger partial charge in [-0.25, -0.2) is 0 Å². The van der Waals surface area contributed by atoms with Crippen LogP contribution in [-0.2, 0) is 32.6 Å². The maximum absolute atomic E-state index is 12.4. The number of rotatable bonds is 8. The topological polar surface area (TPSA) is 127 Å². The van der Waals surface area contributed by atoms with E-state index in [1.54, 1.807) is 44.3 Å². The molecule has 0 spiro atoms. The van der Waals surface area contributed by atoms with Gasteiger partial charge in [0.2, 0.25) is 6.29 Å². The summed E-state index contributed by atoms with van der Waals surface area (Å²) in [4.78, 5) is 15.8. The predicted molar refractivity (Wildman–Crippen MR) is 132 cm³/mol. The highest BCUT2D eigenvalue weighted by Gasteiger charge is 2.56. The Morgan fingerprint density at radius 1 is 1.25 bits per heavy atom. The number of methoxy groups -OCH3 is 2. The molecule has 1 aliphatic rings. The minimum absolute atomic E-state index is 0.229. The van der Waals surface area contributed by atoms with Gasteiger partial charge in [0.05, 0.1) is 19.6 Å². The molecule has 0 fully saturated rings. The Labute approximate surface area is 214 Å². The monoisotopic (exact) mass is 516 g/mol. The van der Waals surface area contributed by atoms with E-state index in [0.29, 0.717) is 27.8 Å². The minimum atomic E-state index is -1.25.